The zero-order chi connectivity index (χ0) is 18.2. The smallest absolute Gasteiger partial charge is 0.308 e. The largest absolute Gasteiger partial charge is 0.382 e. The lowest BCUT2D eigenvalue weighted by molar-refractivity contribution is -0.385. The molecule has 1 unspecified atom stereocenters. The highest BCUT2D eigenvalue weighted by atomic mass is 32.2. The molecule has 1 N–H and O–H groups in total. The molecular weight excluding hydrogens is 336 g/mol. The molecule has 0 saturated carbocycles. The van der Waals surface area contributed by atoms with Gasteiger partial charge in [0.25, 0.3) is 5.69 Å². The van der Waals surface area contributed by atoms with Crippen LogP contribution in [-0.2, 0) is 10.2 Å². The summed E-state index contributed by atoms with van der Waals surface area (Å²) in [6.45, 7) is 3.21. The number of aromatic nitrogens is 2. The van der Waals surface area contributed by atoms with E-state index in [4.69, 9.17) is 0 Å². The van der Waals surface area contributed by atoms with Gasteiger partial charge in [-0.25, -0.2) is 8.96 Å². The van der Waals surface area contributed by atoms with Gasteiger partial charge >= 0.3 is 10.2 Å². The van der Waals surface area contributed by atoms with Crippen molar-refractivity contribution in [1.82, 2.24) is 13.3 Å². The Labute approximate surface area is 139 Å². The second kappa shape index (κ2) is 6.30. The maximum absolute atomic E-state index is 12.0. The lowest BCUT2D eigenvalue weighted by atomic mass is 9.97. The second-order valence-corrected chi connectivity index (χ2v) is 7.62. The van der Waals surface area contributed by atoms with Crippen molar-refractivity contribution in [3.63, 3.8) is 0 Å². The number of nitro groups is 1. The Bertz CT molecular complexity index is 889. The van der Waals surface area contributed by atoms with Crippen LogP contribution in [0.15, 0.2) is 24.7 Å². The van der Waals surface area contributed by atoms with Crippen molar-refractivity contribution < 1.29 is 18.4 Å². The molecule has 24 heavy (non-hydrogen) atoms. The average molecular weight is 354 g/mol. The molecule has 1 heterocycles. The van der Waals surface area contributed by atoms with Gasteiger partial charge in [0.1, 0.15) is 12.4 Å². The van der Waals surface area contributed by atoms with E-state index in [-0.39, 0.29) is 11.4 Å². The fourth-order valence-electron chi connectivity index (χ4n) is 2.28. The number of imidazole rings is 1. The van der Waals surface area contributed by atoms with Gasteiger partial charge in [-0.3, -0.25) is 10.1 Å². The molecular formula is C14H18N4O5S. The topological polar surface area (TPSA) is 119 Å². The summed E-state index contributed by atoms with van der Waals surface area (Å²) in [5.41, 5.74) is 1.21. The van der Waals surface area contributed by atoms with E-state index < -0.39 is 21.2 Å². The quantitative estimate of drug-likeness (QED) is 0.635. The van der Waals surface area contributed by atoms with Crippen LogP contribution in [0.2, 0.25) is 0 Å². The zero-order valence-electron chi connectivity index (χ0n) is 13.7. The number of aliphatic hydroxyl groups is 1. The molecule has 130 valence electrons. The van der Waals surface area contributed by atoms with Crippen molar-refractivity contribution >= 4 is 15.9 Å². The number of nitro benzene ring substituents is 1. The predicted octanol–water partition coefficient (Wildman–Crippen LogP) is 1.14. The summed E-state index contributed by atoms with van der Waals surface area (Å²) in [5.74, 6) is 0. The first kappa shape index (κ1) is 18.0. The van der Waals surface area contributed by atoms with Crippen molar-refractivity contribution in [2.75, 3.05) is 14.1 Å². The Balaban J connectivity index is 2.50. The van der Waals surface area contributed by atoms with E-state index in [9.17, 15) is 23.6 Å². The summed E-state index contributed by atoms with van der Waals surface area (Å²) in [6, 6.07) is 3.03. The zero-order valence-corrected chi connectivity index (χ0v) is 14.5. The van der Waals surface area contributed by atoms with Crippen LogP contribution in [0.4, 0.5) is 5.69 Å². The minimum atomic E-state index is -3.74. The summed E-state index contributed by atoms with van der Waals surface area (Å²) < 4.78 is 26.0. The van der Waals surface area contributed by atoms with Gasteiger partial charge in [0.2, 0.25) is 0 Å². The third-order valence-electron chi connectivity index (χ3n) is 3.64. The number of aliphatic hydroxyl groups excluding tert-OH is 1. The minimum Gasteiger partial charge on any atom is -0.382 e. The van der Waals surface area contributed by atoms with E-state index in [1.807, 2.05) is 0 Å². The van der Waals surface area contributed by atoms with Crippen LogP contribution in [0.25, 0.3) is 0 Å². The molecule has 0 fully saturated rings. The molecule has 0 spiro atoms. The first-order valence-corrected chi connectivity index (χ1v) is 8.36. The van der Waals surface area contributed by atoms with Crippen molar-refractivity contribution in [2.45, 2.75) is 20.0 Å². The fraction of sp³-hybridized carbons (Fsp3) is 0.357. The van der Waals surface area contributed by atoms with E-state index in [1.165, 1.54) is 33.3 Å². The average Bonchev–Trinajstić information content (AvgIpc) is 2.98. The van der Waals surface area contributed by atoms with Gasteiger partial charge in [-0.05, 0) is 25.0 Å². The van der Waals surface area contributed by atoms with Gasteiger partial charge in [-0.1, -0.05) is 6.07 Å². The molecule has 1 aromatic carbocycles. The summed E-state index contributed by atoms with van der Waals surface area (Å²) in [5, 5.41) is 21.6. The van der Waals surface area contributed by atoms with E-state index in [2.05, 4.69) is 4.98 Å². The van der Waals surface area contributed by atoms with Crippen LogP contribution in [-0.4, -0.2) is 45.8 Å². The van der Waals surface area contributed by atoms with Crippen LogP contribution >= 0.6 is 0 Å². The number of benzene rings is 1. The van der Waals surface area contributed by atoms with Crippen molar-refractivity contribution in [3.8, 4) is 0 Å². The van der Waals surface area contributed by atoms with Crippen LogP contribution < -0.4 is 0 Å². The van der Waals surface area contributed by atoms with E-state index in [0.29, 0.717) is 16.7 Å². The second-order valence-electron chi connectivity index (χ2n) is 5.58. The van der Waals surface area contributed by atoms with E-state index in [1.54, 1.807) is 13.0 Å². The highest BCUT2D eigenvalue weighted by Crippen LogP contribution is 2.31. The van der Waals surface area contributed by atoms with Crippen LogP contribution in [0, 0.1) is 24.0 Å². The molecule has 1 aromatic heterocycles. The van der Waals surface area contributed by atoms with Gasteiger partial charge in [0.05, 0.1) is 10.6 Å². The first-order chi connectivity index (χ1) is 11.1. The summed E-state index contributed by atoms with van der Waals surface area (Å²) >= 11 is 0. The summed E-state index contributed by atoms with van der Waals surface area (Å²) in [6.07, 6.45) is 0.989. The Morgan fingerprint density at radius 2 is 1.96 bits per heavy atom. The molecule has 0 aliphatic carbocycles. The number of hydrogen-bond donors (Lipinski definition) is 1. The lowest BCUT2D eigenvalue weighted by Crippen LogP contribution is -2.27. The normalized spacial score (nSPS) is 13.2. The maximum atomic E-state index is 12.0. The Kier molecular flexibility index (Phi) is 4.74. The van der Waals surface area contributed by atoms with Gasteiger partial charge in [0.15, 0.2) is 0 Å². The molecule has 10 heteroatoms. The molecule has 2 aromatic rings. The van der Waals surface area contributed by atoms with E-state index in [0.717, 1.165) is 14.6 Å². The number of nitrogens with zero attached hydrogens (tertiary/aromatic N) is 4. The Morgan fingerprint density at radius 3 is 2.50 bits per heavy atom. The van der Waals surface area contributed by atoms with Crippen LogP contribution in [0.5, 0.6) is 0 Å². The van der Waals surface area contributed by atoms with Gasteiger partial charge in [-0.15, -0.1) is 0 Å². The first-order valence-electron chi connectivity index (χ1n) is 6.96. The molecule has 0 amide bonds. The molecule has 0 aliphatic heterocycles. The van der Waals surface area contributed by atoms with Crippen molar-refractivity contribution in [2.24, 2.45) is 0 Å². The molecule has 0 aliphatic rings. The van der Waals surface area contributed by atoms with E-state index >= 15 is 0 Å². The molecule has 1 atom stereocenters. The maximum Gasteiger partial charge on any atom is 0.308 e. The Hall–Kier alpha value is -2.30. The molecule has 0 radical (unpaired) electrons. The van der Waals surface area contributed by atoms with Crippen LogP contribution in [0.3, 0.4) is 0 Å². The third kappa shape index (κ3) is 3.16. The lowest BCUT2D eigenvalue weighted by Gasteiger charge is -2.13. The molecule has 0 bridgehead atoms. The van der Waals surface area contributed by atoms with Crippen molar-refractivity contribution in [3.05, 3.63) is 57.2 Å². The third-order valence-corrected chi connectivity index (χ3v) is 5.30. The minimum absolute atomic E-state index is 0.0865. The number of rotatable bonds is 5. The molecule has 9 nitrogen and oxygen atoms in total. The number of hydrogen-bond acceptors (Lipinski definition) is 6. The summed E-state index contributed by atoms with van der Waals surface area (Å²) in [7, 11) is -0.994. The monoisotopic (exact) mass is 354 g/mol. The standard InChI is InChI=1S/C14H18N4O5S/c1-9-5-11(10(2)13(6-9)18(20)21)14(19)12-7-17(8-15-12)24(22,23)16(3)4/h5-8,14,19H,1-4H3. The highest BCUT2D eigenvalue weighted by molar-refractivity contribution is 7.87. The van der Waals surface area contributed by atoms with Crippen LogP contribution in [0.1, 0.15) is 28.5 Å². The number of aryl methyl sites for hydroxylation is 1. The predicted molar refractivity (Wildman–Crippen MR) is 86.9 cm³/mol. The SMILES string of the molecule is Cc1cc(C(O)c2cn(S(=O)(=O)N(C)C)cn2)c(C)c([N+](=O)[O-])c1. The van der Waals surface area contributed by atoms with Gasteiger partial charge < -0.3 is 5.11 Å². The Morgan fingerprint density at radius 1 is 1.33 bits per heavy atom. The molecule has 2 rings (SSSR count). The molecule has 0 saturated heterocycles. The summed E-state index contributed by atoms with van der Waals surface area (Å²) in [4.78, 5) is 14.5. The van der Waals surface area contributed by atoms with Crippen molar-refractivity contribution in [1.29, 1.82) is 0 Å². The fourth-order valence-corrected chi connectivity index (χ4v) is 3.06. The van der Waals surface area contributed by atoms with Gasteiger partial charge in [0, 0.05) is 31.9 Å². The van der Waals surface area contributed by atoms with Gasteiger partial charge in [-0.2, -0.15) is 12.7 Å². The highest BCUT2D eigenvalue weighted by Gasteiger charge is 2.24.